The minimum Gasteiger partial charge on any atom is -0.458 e. The van der Waals surface area contributed by atoms with Crippen molar-refractivity contribution in [2.75, 3.05) is 0 Å². The van der Waals surface area contributed by atoms with Gasteiger partial charge in [0.1, 0.15) is 5.60 Å². The number of hydrogen-bond donors (Lipinski definition) is 0. The SMILES string of the molecule is CCC1(OC(=O)C(C)(C)C(C)(C)C)CC=CC1. The van der Waals surface area contributed by atoms with Crippen LogP contribution < -0.4 is 0 Å². The quantitative estimate of drug-likeness (QED) is 0.546. The first kappa shape index (κ1) is 14.3. The Morgan fingerprint density at radius 1 is 1.18 bits per heavy atom. The Hall–Kier alpha value is -0.790. The Labute approximate surface area is 105 Å². The Morgan fingerprint density at radius 3 is 2.00 bits per heavy atom. The Kier molecular flexibility index (Phi) is 3.75. The van der Waals surface area contributed by atoms with Crippen LogP contribution in [0.15, 0.2) is 12.2 Å². The van der Waals surface area contributed by atoms with Crippen LogP contribution in [0, 0.1) is 10.8 Å². The molecule has 0 aromatic carbocycles. The average molecular weight is 238 g/mol. The van der Waals surface area contributed by atoms with Crippen molar-refractivity contribution < 1.29 is 9.53 Å². The van der Waals surface area contributed by atoms with Crippen LogP contribution in [0.1, 0.15) is 60.8 Å². The second-order valence-corrected chi connectivity index (χ2v) is 6.68. The number of carbonyl (C=O) groups excluding carboxylic acids is 1. The predicted octanol–water partition coefficient (Wildman–Crippen LogP) is 4.10. The van der Waals surface area contributed by atoms with Crippen molar-refractivity contribution in [3.8, 4) is 0 Å². The van der Waals surface area contributed by atoms with E-state index in [1.165, 1.54) is 0 Å². The number of hydrogen-bond acceptors (Lipinski definition) is 2. The summed E-state index contributed by atoms with van der Waals surface area (Å²) < 4.78 is 5.84. The van der Waals surface area contributed by atoms with Gasteiger partial charge in [-0.05, 0) is 25.7 Å². The van der Waals surface area contributed by atoms with Crippen molar-refractivity contribution in [3.05, 3.63) is 12.2 Å². The molecule has 0 fully saturated rings. The van der Waals surface area contributed by atoms with Gasteiger partial charge in [-0.1, -0.05) is 39.8 Å². The maximum atomic E-state index is 12.4. The number of rotatable bonds is 3. The maximum Gasteiger partial charge on any atom is 0.312 e. The highest BCUT2D eigenvalue weighted by Gasteiger charge is 2.44. The normalized spacial score (nSPS) is 19.4. The molecule has 0 amide bonds. The summed E-state index contributed by atoms with van der Waals surface area (Å²) in [6.07, 6.45) is 6.82. The molecule has 1 aliphatic carbocycles. The molecule has 1 rings (SSSR count). The summed E-state index contributed by atoms with van der Waals surface area (Å²) in [6.45, 7) is 12.3. The topological polar surface area (TPSA) is 26.3 Å². The molecule has 0 saturated carbocycles. The largest absolute Gasteiger partial charge is 0.458 e. The van der Waals surface area contributed by atoms with E-state index >= 15 is 0 Å². The zero-order valence-electron chi connectivity index (χ0n) is 12.1. The van der Waals surface area contributed by atoms with E-state index in [4.69, 9.17) is 4.74 Å². The minimum absolute atomic E-state index is 0.0736. The van der Waals surface area contributed by atoms with E-state index < -0.39 is 5.41 Å². The fourth-order valence-corrected chi connectivity index (χ4v) is 1.75. The lowest BCUT2D eigenvalue weighted by atomic mass is 9.69. The van der Waals surface area contributed by atoms with Gasteiger partial charge in [0.05, 0.1) is 5.41 Å². The lowest BCUT2D eigenvalue weighted by Crippen LogP contribution is -2.43. The Bertz CT molecular complexity index is 310. The van der Waals surface area contributed by atoms with Crippen LogP contribution in [0.5, 0.6) is 0 Å². The van der Waals surface area contributed by atoms with Gasteiger partial charge in [0, 0.05) is 12.8 Å². The van der Waals surface area contributed by atoms with E-state index in [2.05, 4.69) is 39.8 Å². The number of ether oxygens (including phenoxy) is 1. The highest BCUT2D eigenvalue weighted by atomic mass is 16.6. The standard InChI is InChI=1S/C15H26O2/c1-7-15(10-8-9-11-15)17-12(16)14(5,6)13(2,3)4/h8-9H,7,10-11H2,1-6H3. The molecule has 0 saturated heterocycles. The molecule has 0 heterocycles. The van der Waals surface area contributed by atoms with Gasteiger partial charge in [-0.25, -0.2) is 0 Å². The van der Waals surface area contributed by atoms with Gasteiger partial charge >= 0.3 is 5.97 Å². The molecule has 17 heavy (non-hydrogen) atoms. The first-order chi connectivity index (χ1) is 7.65. The van der Waals surface area contributed by atoms with E-state index in [-0.39, 0.29) is 17.0 Å². The second-order valence-electron chi connectivity index (χ2n) is 6.68. The molecule has 0 bridgehead atoms. The van der Waals surface area contributed by atoms with Crippen molar-refractivity contribution in [1.29, 1.82) is 0 Å². The number of esters is 1. The molecule has 0 unspecified atom stereocenters. The van der Waals surface area contributed by atoms with Crippen LogP contribution in [0.4, 0.5) is 0 Å². The van der Waals surface area contributed by atoms with Crippen LogP contribution >= 0.6 is 0 Å². The molecule has 0 aliphatic heterocycles. The molecule has 0 aromatic heterocycles. The molecule has 0 aromatic rings. The first-order valence-corrected chi connectivity index (χ1v) is 6.53. The van der Waals surface area contributed by atoms with Crippen molar-refractivity contribution in [2.45, 2.75) is 66.4 Å². The van der Waals surface area contributed by atoms with Crippen molar-refractivity contribution in [1.82, 2.24) is 0 Å². The van der Waals surface area contributed by atoms with Gasteiger partial charge < -0.3 is 4.74 Å². The third-order valence-corrected chi connectivity index (χ3v) is 4.49. The van der Waals surface area contributed by atoms with Gasteiger partial charge in [-0.2, -0.15) is 0 Å². The summed E-state index contributed by atoms with van der Waals surface area (Å²) >= 11 is 0. The zero-order valence-corrected chi connectivity index (χ0v) is 12.1. The molecular formula is C15H26O2. The molecule has 98 valence electrons. The lowest BCUT2D eigenvalue weighted by Gasteiger charge is -2.39. The van der Waals surface area contributed by atoms with E-state index in [0.29, 0.717) is 0 Å². The first-order valence-electron chi connectivity index (χ1n) is 6.53. The summed E-state index contributed by atoms with van der Waals surface area (Å²) in [4.78, 5) is 12.4. The molecular weight excluding hydrogens is 212 g/mol. The second kappa shape index (κ2) is 4.47. The average Bonchev–Trinajstić information content (AvgIpc) is 2.65. The highest BCUT2D eigenvalue weighted by molar-refractivity contribution is 5.77. The van der Waals surface area contributed by atoms with Gasteiger partial charge in [0.2, 0.25) is 0 Å². The minimum atomic E-state index is -0.461. The van der Waals surface area contributed by atoms with E-state index in [1.807, 2.05) is 13.8 Å². The van der Waals surface area contributed by atoms with Gasteiger partial charge in [-0.3, -0.25) is 4.79 Å². The zero-order chi connectivity index (χ0) is 13.3. The van der Waals surface area contributed by atoms with Crippen LogP contribution in [0.25, 0.3) is 0 Å². The molecule has 0 atom stereocenters. The molecule has 2 heteroatoms. The predicted molar refractivity (Wildman–Crippen MR) is 70.7 cm³/mol. The summed E-state index contributed by atoms with van der Waals surface area (Å²) in [5.74, 6) is -0.0736. The van der Waals surface area contributed by atoms with Crippen molar-refractivity contribution in [2.24, 2.45) is 10.8 Å². The molecule has 0 spiro atoms. The van der Waals surface area contributed by atoms with Gasteiger partial charge in [0.15, 0.2) is 0 Å². The van der Waals surface area contributed by atoms with Crippen molar-refractivity contribution in [3.63, 3.8) is 0 Å². The Balaban J connectivity index is 2.79. The third-order valence-electron chi connectivity index (χ3n) is 4.49. The van der Waals surface area contributed by atoms with Crippen molar-refractivity contribution >= 4 is 5.97 Å². The summed E-state index contributed by atoms with van der Waals surface area (Å²) in [7, 11) is 0. The fourth-order valence-electron chi connectivity index (χ4n) is 1.75. The lowest BCUT2D eigenvalue weighted by molar-refractivity contribution is -0.176. The smallest absolute Gasteiger partial charge is 0.312 e. The van der Waals surface area contributed by atoms with Crippen LogP contribution in [0.2, 0.25) is 0 Å². The fraction of sp³-hybridized carbons (Fsp3) is 0.800. The summed E-state index contributed by atoms with van der Waals surface area (Å²) in [5.41, 5.74) is -0.831. The molecule has 0 radical (unpaired) electrons. The molecule has 2 nitrogen and oxygen atoms in total. The van der Waals surface area contributed by atoms with E-state index in [0.717, 1.165) is 19.3 Å². The number of carbonyl (C=O) groups is 1. The monoisotopic (exact) mass is 238 g/mol. The van der Waals surface area contributed by atoms with Gasteiger partial charge in [-0.15, -0.1) is 0 Å². The van der Waals surface area contributed by atoms with Gasteiger partial charge in [0.25, 0.3) is 0 Å². The van der Waals surface area contributed by atoms with Crippen LogP contribution in [-0.4, -0.2) is 11.6 Å². The summed E-state index contributed by atoms with van der Waals surface area (Å²) in [5, 5.41) is 0. The Morgan fingerprint density at radius 2 is 1.65 bits per heavy atom. The van der Waals surface area contributed by atoms with E-state index in [1.54, 1.807) is 0 Å². The van der Waals surface area contributed by atoms with Crippen LogP contribution in [-0.2, 0) is 9.53 Å². The molecule has 0 N–H and O–H groups in total. The van der Waals surface area contributed by atoms with Crippen LogP contribution in [0.3, 0.4) is 0 Å². The summed E-state index contributed by atoms with van der Waals surface area (Å²) in [6, 6.07) is 0. The maximum absolute atomic E-state index is 12.4. The van der Waals surface area contributed by atoms with E-state index in [9.17, 15) is 4.79 Å². The molecule has 1 aliphatic rings. The third kappa shape index (κ3) is 2.72. The highest BCUT2D eigenvalue weighted by Crippen LogP contribution is 2.41.